The lowest BCUT2D eigenvalue weighted by Crippen LogP contribution is -2.53. The normalized spacial score (nSPS) is 25.9. The van der Waals surface area contributed by atoms with Crippen molar-refractivity contribution in [1.29, 1.82) is 0 Å². The molecule has 1 aliphatic carbocycles. The van der Waals surface area contributed by atoms with Crippen molar-refractivity contribution in [3.8, 4) is 0 Å². The first-order chi connectivity index (χ1) is 9.43. The van der Waals surface area contributed by atoms with Crippen molar-refractivity contribution in [1.82, 2.24) is 10.2 Å². The number of carbonyl (C=O) groups excluding carboxylic acids is 2. The SMILES string of the molecule is CNC(CN1C(=O)CC(C)(C)CC1=O)C1CCCCC1. The Bertz CT molecular complexity index is 353. The summed E-state index contributed by atoms with van der Waals surface area (Å²) in [6, 6.07) is 0.254. The molecular formula is C16H28N2O2. The molecule has 1 N–H and O–H groups in total. The van der Waals surface area contributed by atoms with E-state index >= 15 is 0 Å². The Hall–Kier alpha value is -0.900. The van der Waals surface area contributed by atoms with Crippen LogP contribution in [0.15, 0.2) is 0 Å². The number of imide groups is 1. The molecule has 0 bridgehead atoms. The first-order valence-electron chi connectivity index (χ1n) is 7.93. The molecule has 20 heavy (non-hydrogen) atoms. The summed E-state index contributed by atoms with van der Waals surface area (Å²) >= 11 is 0. The Morgan fingerprint density at radius 3 is 2.20 bits per heavy atom. The van der Waals surface area contributed by atoms with Gasteiger partial charge in [0.15, 0.2) is 0 Å². The van der Waals surface area contributed by atoms with Gasteiger partial charge >= 0.3 is 0 Å². The van der Waals surface area contributed by atoms with Crippen LogP contribution in [-0.4, -0.2) is 36.3 Å². The second kappa shape index (κ2) is 6.25. The fraction of sp³-hybridized carbons (Fsp3) is 0.875. The number of likely N-dealkylation sites (tertiary alicyclic amines) is 1. The highest BCUT2D eigenvalue weighted by Gasteiger charge is 2.39. The fourth-order valence-corrected chi connectivity index (χ4v) is 3.62. The first-order valence-corrected chi connectivity index (χ1v) is 7.93. The molecular weight excluding hydrogens is 252 g/mol. The predicted molar refractivity (Wildman–Crippen MR) is 79.2 cm³/mol. The maximum atomic E-state index is 12.2. The van der Waals surface area contributed by atoms with Crippen LogP contribution in [0.2, 0.25) is 0 Å². The van der Waals surface area contributed by atoms with Crippen LogP contribution >= 0.6 is 0 Å². The molecule has 2 aliphatic rings. The van der Waals surface area contributed by atoms with Crippen molar-refractivity contribution in [3.63, 3.8) is 0 Å². The van der Waals surface area contributed by atoms with Crippen LogP contribution in [0.3, 0.4) is 0 Å². The van der Waals surface area contributed by atoms with Crippen molar-refractivity contribution in [2.45, 2.75) is 64.8 Å². The Kier molecular flexibility index (Phi) is 4.84. The molecule has 1 saturated carbocycles. The molecule has 1 aliphatic heterocycles. The number of rotatable bonds is 4. The maximum Gasteiger partial charge on any atom is 0.229 e. The number of hydrogen-bond acceptors (Lipinski definition) is 3. The van der Waals surface area contributed by atoms with Crippen LogP contribution in [-0.2, 0) is 9.59 Å². The quantitative estimate of drug-likeness (QED) is 0.804. The molecule has 2 rings (SSSR count). The van der Waals surface area contributed by atoms with Gasteiger partial charge in [-0.3, -0.25) is 14.5 Å². The minimum absolute atomic E-state index is 0.00214. The van der Waals surface area contributed by atoms with Gasteiger partial charge in [-0.1, -0.05) is 33.1 Å². The van der Waals surface area contributed by atoms with Crippen molar-refractivity contribution < 1.29 is 9.59 Å². The molecule has 0 aromatic heterocycles. The number of likely N-dealkylation sites (N-methyl/N-ethyl adjacent to an activating group) is 1. The van der Waals surface area contributed by atoms with E-state index in [1.54, 1.807) is 0 Å². The molecule has 114 valence electrons. The highest BCUT2D eigenvalue weighted by Crippen LogP contribution is 2.33. The monoisotopic (exact) mass is 280 g/mol. The van der Waals surface area contributed by atoms with Crippen LogP contribution in [0, 0.1) is 11.3 Å². The Labute approximate surface area is 122 Å². The third-order valence-electron chi connectivity index (χ3n) is 4.83. The molecule has 4 heteroatoms. The summed E-state index contributed by atoms with van der Waals surface area (Å²) in [5.41, 5.74) is -0.176. The molecule has 0 aromatic rings. The summed E-state index contributed by atoms with van der Waals surface area (Å²) in [6.07, 6.45) is 7.28. The van der Waals surface area contributed by atoms with E-state index in [1.165, 1.54) is 37.0 Å². The van der Waals surface area contributed by atoms with Gasteiger partial charge in [-0.25, -0.2) is 0 Å². The van der Waals surface area contributed by atoms with Gasteiger partial charge in [0.05, 0.1) is 0 Å². The van der Waals surface area contributed by atoms with E-state index < -0.39 is 0 Å². The van der Waals surface area contributed by atoms with E-state index in [-0.39, 0.29) is 23.3 Å². The molecule has 1 unspecified atom stereocenters. The van der Waals surface area contributed by atoms with Gasteiger partial charge in [0.2, 0.25) is 11.8 Å². The van der Waals surface area contributed by atoms with Crippen LogP contribution < -0.4 is 5.32 Å². The molecule has 2 fully saturated rings. The van der Waals surface area contributed by atoms with E-state index in [4.69, 9.17) is 0 Å². The van der Waals surface area contributed by atoms with E-state index in [1.807, 2.05) is 20.9 Å². The van der Waals surface area contributed by atoms with Crippen molar-refractivity contribution >= 4 is 11.8 Å². The zero-order valence-corrected chi connectivity index (χ0v) is 13.1. The maximum absolute atomic E-state index is 12.2. The average molecular weight is 280 g/mol. The number of hydrogen-bond donors (Lipinski definition) is 1. The zero-order valence-electron chi connectivity index (χ0n) is 13.1. The molecule has 2 amide bonds. The highest BCUT2D eigenvalue weighted by atomic mass is 16.2. The van der Waals surface area contributed by atoms with Crippen LogP contribution in [0.1, 0.15) is 58.8 Å². The summed E-state index contributed by atoms with van der Waals surface area (Å²) in [6.45, 7) is 4.54. The molecule has 0 radical (unpaired) electrons. The number of piperidine rings is 1. The topological polar surface area (TPSA) is 49.4 Å². The van der Waals surface area contributed by atoms with Gasteiger partial charge in [0.25, 0.3) is 0 Å². The van der Waals surface area contributed by atoms with Gasteiger partial charge in [-0.05, 0) is 31.2 Å². The molecule has 1 atom stereocenters. The first kappa shape index (κ1) is 15.5. The number of amides is 2. The molecule has 1 heterocycles. The van der Waals surface area contributed by atoms with Crippen LogP contribution in [0.25, 0.3) is 0 Å². The second-order valence-corrected chi connectivity index (χ2v) is 7.21. The molecule has 0 aromatic carbocycles. The van der Waals surface area contributed by atoms with Gasteiger partial charge in [0, 0.05) is 25.4 Å². The zero-order chi connectivity index (χ0) is 14.8. The second-order valence-electron chi connectivity index (χ2n) is 7.21. The summed E-state index contributed by atoms with van der Waals surface area (Å²) in [5.74, 6) is 0.605. The summed E-state index contributed by atoms with van der Waals surface area (Å²) in [4.78, 5) is 26.0. The van der Waals surface area contributed by atoms with Crippen LogP contribution in [0.5, 0.6) is 0 Å². The summed E-state index contributed by atoms with van der Waals surface area (Å²) in [5, 5.41) is 3.33. The minimum atomic E-state index is -0.176. The van der Waals surface area contributed by atoms with E-state index in [0.29, 0.717) is 25.3 Å². The van der Waals surface area contributed by atoms with Gasteiger partial charge < -0.3 is 5.32 Å². The fourth-order valence-electron chi connectivity index (χ4n) is 3.62. The third kappa shape index (κ3) is 3.60. The molecule has 0 spiro atoms. The van der Waals surface area contributed by atoms with Crippen molar-refractivity contribution in [2.24, 2.45) is 11.3 Å². The predicted octanol–water partition coefficient (Wildman–Crippen LogP) is 2.33. The number of carbonyl (C=O) groups is 2. The minimum Gasteiger partial charge on any atom is -0.315 e. The lowest BCUT2D eigenvalue weighted by molar-refractivity contribution is -0.153. The molecule has 4 nitrogen and oxygen atoms in total. The smallest absolute Gasteiger partial charge is 0.229 e. The summed E-state index contributed by atoms with van der Waals surface area (Å²) in [7, 11) is 1.95. The Morgan fingerprint density at radius 1 is 1.15 bits per heavy atom. The average Bonchev–Trinajstić information content (AvgIpc) is 2.38. The highest BCUT2D eigenvalue weighted by molar-refractivity contribution is 5.98. The van der Waals surface area contributed by atoms with Gasteiger partial charge in [0.1, 0.15) is 0 Å². The Balaban J connectivity index is 1.99. The van der Waals surface area contributed by atoms with Crippen LogP contribution in [0.4, 0.5) is 0 Å². The largest absolute Gasteiger partial charge is 0.315 e. The van der Waals surface area contributed by atoms with Crippen molar-refractivity contribution in [3.05, 3.63) is 0 Å². The summed E-state index contributed by atoms with van der Waals surface area (Å²) < 4.78 is 0. The van der Waals surface area contributed by atoms with E-state index in [2.05, 4.69) is 5.32 Å². The van der Waals surface area contributed by atoms with Crippen molar-refractivity contribution in [2.75, 3.05) is 13.6 Å². The Morgan fingerprint density at radius 2 is 1.70 bits per heavy atom. The third-order valence-corrected chi connectivity index (χ3v) is 4.83. The standard InChI is InChI=1S/C16H28N2O2/c1-16(2)9-14(19)18(15(20)10-16)11-13(17-3)12-7-5-4-6-8-12/h12-13,17H,4-11H2,1-3H3. The lowest BCUT2D eigenvalue weighted by Gasteiger charge is -2.38. The number of nitrogens with zero attached hydrogens (tertiary/aromatic N) is 1. The van der Waals surface area contributed by atoms with E-state index in [0.717, 1.165) is 0 Å². The van der Waals surface area contributed by atoms with Gasteiger partial charge in [-0.2, -0.15) is 0 Å². The molecule has 1 saturated heterocycles. The van der Waals surface area contributed by atoms with Gasteiger partial charge in [-0.15, -0.1) is 0 Å². The van der Waals surface area contributed by atoms with E-state index in [9.17, 15) is 9.59 Å². The number of nitrogens with one attached hydrogen (secondary N) is 1. The lowest BCUT2D eigenvalue weighted by atomic mass is 9.80.